The second-order valence-corrected chi connectivity index (χ2v) is 5.44. The third-order valence-corrected chi connectivity index (χ3v) is 3.98. The molecule has 1 aromatic heterocycles. The lowest BCUT2D eigenvalue weighted by molar-refractivity contribution is 0.340. The number of rotatable bonds is 7. The maximum atomic E-state index is 5.55. The summed E-state index contributed by atoms with van der Waals surface area (Å²) in [5.41, 5.74) is 2.49. The third-order valence-electron chi connectivity index (χ3n) is 3.98. The molecule has 26 heavy (non-hydrogen) atoms. The Balaban J connectivity index is 2.11. The lowest BCUT2D eigenvalue weighted by Gasteiger charge is -2.14. The fourth-order valence-corrected chi connectivity index (χ4v) is 2.76. The highest BCUT2D eigenvalue weighted by molar-refractivity contribution is 5.84. The summed E-state index contributed by atoms with van der Waals surface area (Å²) in [5.74, 6) is 3.12. The molecule has 0 aliphatic heterocycles. The largest absolute Gasteiger partial charge is 0.497 e. The van der Waals surface area contributed by atoms with Crippen LogP contribution in [0.4, 0.5) is 0 Å². The summed E-state index contributed by atoms with van der Waals surface area (Å²) in [6, 6.07) is 11.4. The quantitative estimate of drug-likeness (QED) is 0.625. The lowest BCUT2D eigenvalue weighted by Crippen LogP contribution is -1.95. The van der Waals surface area contributed by atoms with Crippen LogP contribution in [0.1, 0.15) is 6.92 Å². The van der Waals surface area contributed by atoms with Crippen molar-refractivity contribution in [2.45, 2.75) is 6.92 Å². The van der Waals surface area contributed by atoms with Gasteiger partial charge in [-0.1, -0.05) is 17.3 Å². The van der Waals surface area contributed by atoms with E-state index < -0.39 is 0 Å². The van der Waals surface area contributed by atoms with Gasteiger partial charge in [0.2, 0.25) is 0 Å². The molecule has 6 heteroatoms. The van der Waals surface area contributed by atoms with Crippen LogP contribution in [-0.2, 0) is 0 Å². The number of nitrogens with zero attached hydrogens (tertiary/aromatic N) is 1. The Kier molecular flexibility index (Phi) is 5.31. The molecule has 0 radical (unpaired) electrons. The minimum Gasteiger partial charge on any atom is -0.497 e. The molecule has 0 N–H and O–H groups in total. The normalized spacial score (nSPS) is 10.5. The van der Waals surface area contributed by atoms with E-state index in [4.69, 9.17) is 23.5 Å². The number of hydrogen-bond donors (Lipinski definition) is 0. The number of hydrogen-bond acceptors (Lipinski definition) is 6. The fourth-order valence-electron chi connectivity index (χ4n) is 2.76. The predicted molar refractivity (Wildman–Crippen MR) is 98.2 cm³/mol. The Morgan fingerprint density at radius 2 is 1.65 bits per heavy atom. The first-order chi connectivity index (χ1) is 12.7. The molecule has 0 fully saturated rings. The Hall–Kier alpha value is -3.15. The van der Waals surface area contributed by atoms with E-state index in [1.165, 1.54) is 0 Å². The summed E-state index contributed by atoms with van der Waals surface area (Å²) in [5, 5.41) is 3.98. The predicted octanol–water partition coefficient (Wildman–Crippen LogP) is 4.43. The van der Waals surface area contributed by atoms with Gasteiger partial charge in [0.1, 0.15) is 11.5 Å². The molecule has 2 aromatic carbocycles. The Morgan fingerprint density at radius 1 is 0.885 bits per heavy atom. The molecule has 136 valence electrons. The zero-order chi connectivity index (χ0) is 18.5. The Bertz CT molecular complexity index is 870. The average Bonchev–Trinajstić information content (AvgIpc) is 3.17. The number of methoxy groups -OCH3 is 3. The molecule has 6 nitrogen and oxygen atoms in total. The van der Waals surface area contributed by atoms with E-state index >= 15 is 0 Å². The second kappa shape index (κ2) is 7.82. The average molecular weight is 355 g/mol. The van der Waals surface area contributed by atoms with E-state index in [0.29, 0.717) is 35.2 Å². The summed E-state index contributed by atoms with van der Waals surface area (Å²) >= 11 is 0. The summed E-state index contributed by atoms with van der Waals surface area (Å²) in [6.07, 6.45) is 1.68. The van der Waals surface area contributed by atoms with E-state index in [2.05, 4.69) is 5.16 Å². The molecule has 0 saturated carbocycles. The number of ether oxygens (including phenoxy) is 4. The maximum absolute atomic E-state index is 5.55. The summed E-state index contributed by atoms with van der Waals surface area (Å²) in [6.45, 7) is 2.58. The van der Waals surface area contributed by atoms with Gasteiger partial charge in [0, 0.05) is 11.6 Å². The van der Waals surface area contributed by atoms with Gasteiger partial charge in [-0.25, -0.2) is 0 Å². The van der Waals surface area contributed by atoms with Crippen LogP contribution in [0, 0.1) is 0 Å². The van der Waals surface area contributed by atoms with Gasteiger partial charge in [-0.15, -0.1) is 0 Å². The van der Waals surface area contributed by atoms with Gasteiger partial charge < -0.3 is 23.5 Å². The van der Waals surface area contributed by atoms with Crippen LogP contribution >= 0.6 is 0 Å². The van der Waals surface area contributed by atoms with Crippen molar-refractivity contribution in [2.75, 3.05) is 27.9 Å². The van der Waals surface area contributed by atoms with Gasteiger partial charge in [0.25, 0.3) is 0 Å². The monoisotopic (exact) mass is 355 g/mol. The minimum absolute atomic E-state index is 0.552. The van der Waals surface area contributed by atoms with Gasteiger partial charge >= 0.3 is 0 Å². The van der Waals surface area contributed by atoms with Gasteiger partial charge in [0.15, 0.2) is 17.3 Å². The molecule has 0 saturated heterocycles. The van der Waals surface area contributed by atoms with E-state index in [1.807, 2.05) is 37.3 Å². The molecule has 3 rings (SSSR count). The summed E-state index contributed by atoms with van der Waals surface area (Å²) < 4.78 is 27.4. The van der Waals surface area contributed by atoms with Gasteiger partial charge in [-0.2, -0.15) is 0 Å². The topological polar surface area (TPSA) is 63.0 Å². The van der Waals surface area contributed by atoms with Gasteiger partial charge in [0.05, 0.1) is 39.7 Å². The van der Waals surface area contributed by atoms with Crippen molar-refractivity contribution < 1.29 is 23.5 Å². The van der Waals surface area contributed by atoms with Crippen molar-refractivity contribution in [2.24, 2.45) is 0 Å². The number of aromatic nitrogens is 1. The molecule has 0 aliphatic carbocycles. The van der Waals surface area contributed by atoms with Crippen molar-refractivity contribution in [1.82, 2.24) is 5.16 Å². The van der Waals surface area contributed by atoms with Crippen LogP contribution < -0.4 is 18.9 Å². The van der Waals surface area contributed by atoms with Crippen LogP contribution in [-0.4, -0.2) is 33.1 Å². The van der Waals surface area contributed by atoms with Crippen LogP contribution in [0.3, 0.4) is 0 Å². The van der Waals surface area contributed by atoms with E-state index in [0.717, 1.165) is 16.9 Å². The highest BCUT2D eigenvalue weighted by Gasteiger charge is 2.21. The highest BCUT2D eigenvalue weighted by Crippen LogP contribution is 2.44. The summed E-state index contributed by atoms with van der Waals surface area (Å²) in [4.78, 5) is 0. The number of benzene rings is 2. The molecule has 0 spiro atoms. The van der Waals surface area contributed by atoms with E-state index in [-0.39, 0.29) is 0 Å². The minimum atomic E-state index is 0.552. The molecule has 0 aliphatic rings. The molecule has 0 atom stereocenters. The van der Waals surface area contributed by atoms with Crippen LogP contribution in [0.15, 0.2) is 47.1 Å². The zero-order valence-electron chi connectivity index (χ0n) is 15.2. The zero-order valence-corrected chi connectivity index (χ0v) is 15.2. The van der Waals surface area contributed by atoms with Crippen molar-refractivity contribution in [1.29, 1.82) is 0 Å². The Morgan fingerprint density at radius 3 is 2.27 bits per heavy atom. The Labute approximate surface area is 152 Å². The lowest BCUT2D eigenvalue weighted by atomic mass is 10.0. The first kappa shape index (κ1) is 17.7. The molecular weight excluding hydrogens is 334 g/mol. The molecule has 0 amide bonds. The van der Waals surface area contributed by atoms with Crippen LogP contribution in [0.25, 0.3) is 22.5 Å². The fraction of sp³-hybridized carbons (Fsp3) is 0.250. The molecule has 1 heterocycles. The maximum Gasteiger partial charge on any atom is 0.178 e. The first-order valence-electron chi connectivity index (χ1n) is 8.20. The molecule has 0 unspecified atom stereocenters. The van der Waals surface area contributed by atoms with Crippen LogP contribution in [0.5, 0.6) is 23.0 Å². The highest BCUT2D eigenvalue weighted by atomic mass is 16.5. The van der Waals surface area contributed by atoms with Crippen molar-refractivity contribution in [3.8, 4) is 45.4 Å². The molecule has 3 aromatic rings. The third kappa shape index (κ3) is 3.31. The second-order valence-electron chi connectivity index (χ2n) is 5.44. The van der Waals surface area contributed by atoms with E-state index in [1.54, 1.807) is 33.6 Å². The summed E-state index contributed by atoms with van der Waals surface area (Å²) in [7, 11) is 4.76. The van der Waals surface area contributed by atoms with Crippen LogP contribution in [0.2, 0.25) is 0 Å². The SMILES string of the molecule is CCOc1ccc(-c2cnoc2-c2cc(OC)cc(OC)c2OC)cc1. The smallest absolute Gasteiger partial charge is 0.178 e. The van der Waals surface area contributed by atoms with E-state index in [9.17, 15) is 0 Å². The molecule has 0 bridgehead atoms. The van der Waals surface area contributed by atoms with Crippen molar-refractivity contribution >= 4 is 0 Å². The molecular formula is C20H21NO5. The standard InChI is InChI=1S/C20H21NO5/c1-5-25-14-8-6-13(7-9-14)17-12-21-26-19(17)16-10-15(22-2)11-18(23-3)20(16)24-4/h6-12H,5H2,1-4H3. The van der Waals surface area contributed by atoms with Gasteiger partial charge in [-0.05, 0) is 30.7 Å². The van der Waals surface area contributed by atoms with Gasteiger partial charge in [-0.3, -0.25) is 0 Å². The first-order valence-corrected chi connectivity index (χ1v) is 8.20. The van der Waals surface area contributed by atoms with Crippen molar-refractivity contribution in [3.63, 3.8) is 0 Å². The van der Waals surface area contributed by atoms with Crippen molar-refractivity contribution in [3.05, 3.63) is 42.6 Å².